The highest BCUT2D eigenvalue weighted by molar-refractivity contribution is 5.52. The Balaban J connectivity index is 1.64. The van der Waals surface area contributed by atoms with E-state index in [0.717, 1.165) is 61.6 Å². The highest BCUT2D eigenvalue weighted by Crippen LogP contribution is 2.36. The molecule has 5 heteroatoms. The summed E-state index contributed by atoms with van der Waals surface area (Å²) in [5, 5.41) is 13.7. The molecule has 3 rings (SSSR count). The maximum atomic E-state index is 10.2. The van der Waals surface area contributed by atoms with Crippen LogP contribution in [-0.4, -0.2) is 32.2 Å². The molecule has 5 nitrogen and oxygen atoms in total. The van der Waals surface area contributed by atoms with Crippen molar-refractivity contribution in [2.45, 2.75) is 71.4 Å². The quantitative estimate of drug-likeness (QED) is 0.750. The summed E-state index contributed by atoms with van der Waals surface area (Å²) in [6.45, 7) is 6.23. The minimum atomic E-state index is -0.256. The van der Waals surface area contributed by atoms with Crippen LogP contribution >= 0.6 is 0 Å². The van der Waals surface area contributed by atoms with Gasteiger partial charge in [0.25, 0.3) is 0 Å². The van der Waals surface area contributed by atoms with Crippen molar-refractivity contribution in [2.24, 2.45) is 5.41 Å². The highest BCUT2D eigenvalue weighted by Gasteiger charge is 2.35. The molecular weight excluding hydrogens is 348 g/mol. The van der Waals surface area contributed by atoms with Gasteiger partial charge in [-0.05, 0) is 56.6 Å². The van der Waals surface area contributed by atoms with E-state index in [-0.39, 0.29) is 17.6 Å². The van der Waals surface area contributed by atoms with Gasteiger partial charge in [-0.2, -0.15) is 0 Å². The van der Waals surface area contributed by atoms with Gasteiger partial charge in [0.15, 0.2) is 0 Å². The summed E-state index contributed by atoms with van der Waals surface area (Å²) in [5.74, 6) is 4.21. The molecule has 2 aromatic rings. The van der Waals surface area contributed by atoms with Crippen LogP contribution in [0.25, 0.3) is 0 Å². The number of aryl methyl sites for hydroxylation is 3. The number of nitrogens with zero attached hydrogens (tertiary/aromatic N) is 3. The van der Waals surface area contributed by atoms with Gasteiger partial charge in [0.05, 0.1) is 11.7 Å². The Labute approximate surface area is 168 Å². The van der Waals surface area contributed by atoms with E-state index in [1.807, 2.05) is 19.1 Å². The molecule has 1 fully saturated rings. The SMILES string of the molecule is C#Cc1cnc(CCCc2cccc(C)n2)nc1N[C@@H]1CC[C@H](O)C(C)(C)C1. The number of hydrogen-bond donors (Lipinski definition) is 2. The Morgan fingerprint density at radius 3 is 2.79 bits per heavy atom. The van der Waals surface area contributed by atoms with Crippen LogP contribution in [0.1, 0.15) is 62.3 Å². The minimum Gasteiger partial charge on any atom is -0.393 e. The molecule has 2 N–H and O–H groups in total. The summed E-state index contributed by atoms with van der Waals surface area (Å²) in [6.07, 6.45) is 12.3. The Bertz CT molecular complexity index is 856. The summed E-state index contributed by atoms with van der Waals surface area (Å²) in [5.41, 5.74) is 2.72. The lowest BCUT2D eigenvalue weighted by molar-refractivity contribution is 0.00926. The molecule has 148 valence electrons. The zero-order valence-corrected chi connectivity index (χ0v) is 17.1. The number of aliphatic hydroxyl groups excluding tert-OH is 1. The summed E-state index contributed by atoms with van der Waals surface area (Å²) in [4.78, 5) is 13.7. The Morgan fingerprint density at radius 1 is 1.25 bits per heavy atom. The topological polar surface area (TPSA) is 70.9 Å². The lowest BCUT2D eigenvalue weighted by Crippen LogP contribution is -2.41. The number of terminal acetylenes is 1. The fourth-order valence-electron chi connectivity index (χ4n) is 3.86. The van der Waals surface area contributed by atoms with Crippen molar-refractivity contribution in [1.29, 1.82) is 0 Å². The number of nitrogens with one attached hydrogen (secondary N) is 1. The summed E-state index contributed by atoms with van der Waals surface area (Å²) < 4.78 is 0. The highest BCUT2D eigenvalue weighted by atomic mass is 16.3. The van der Waals surface area contributed by atoms with Gasteiger partial charge in [0, 0.05) is 30.0 Å². The third-order valence-electron chi connectivity index (χ3n) is 5.58. The molecule has 0 bridgehead atoms. The van der Waals surface area contributed by atoms with Gasteiger partial charge in [0.1, 0.15) is 11.6 Å². The first-order chi connectivity index (χ1) is 13.4. The first-order valence-electron chi connectivity index (χ1n) is 10.1. The van der Waals surface area contributed by atoms with Gasteiger partial charge in [-0.15, -0.1) is 6.42 Å². The fraction of sp³-hybridized carbons (Fsp3) is 0.522. The molecular formula is C23H30N4O. The molecule has 0 saturated heterocycles. The average Bonchev–Trinajstić information content (AvgIpc) is 2.65. The Kier molecular flexibility index (Phi) is 6.31. The first kappa shape index (κ1) is 20.3. The van der Waals surface area contributed by atoms with Crippen LogP contribution in [0.15, 0.2) is 24.4 Å². The van der Waals surface area contributed by atoms with Crippen LogP contribution in [0.2, 0.25) is 0 Å². The third kappa shape index (κ3) is 5.08. The van der Waals surface area contributed by atoms with E-state index in [0.29, 0.717) is 5.56 Å². The second-order valence-electron chi connectivity index (χ2n) is 8.44. The lowest BCUT2D eigenvalue weighted by atomic mass is 9.73. The number of hydrogen-bond acceptors (Lipinski definition) is 5. The molecule has 2 atom stereocenters. The molecule has 1 saturated carbocycles. The van der Waals surface area contributed by atoms with Gasteiger partial charge >= 0.3 is 0 Å². The van der Waals surface area contributed by atoms with Crippen LogP contribution in [0.5, 0.6) is 0 Å². The van der Waals surface area contributed by atoms with E-state index < -0.39 is 0 Å². The summed E-state index contributed by atoms with van der Waals surface area (Å²) >= 11 is 0. The number of pyridine rings is 1. The second kappa shape index (κ2) is 8.70. The molecule has 0 amide bonds. The van der Waals surface area contributed by atoms with Crippen LogP contribution in [0.3, 0.4) is 0 Å². The second-order valence-corrected chi connectivity index (χ2v) is 8.44. The molecule has 1 aliphatic rings. The van der Waals surface area contributed by atoms with Gasteiger partial charge in [-0.3, -0.25) is 4.98 Å². The van der Waals surface area contributed by atoms with Crippen molar-refractivity contribution in [1.82, 2.24) is 15.0 Å². The molecule has 1 aliphatic carbocycles. The van der Waals surface area contributed by atoms with Crippen LogP contribution < -0.4 is 5.32 Å². The van der Waals surface area contributed by atoms with E-state index in [1.54, 1.807) is 6.20 Å². The first-order valence-corrected chi connectivity index (χ1v) is 10.1. The average molecular weight is 379 g/mol. The van der Waals surface area contributed by atoms with E-state index in [1.165, 1.54) is 0 Å². The standard InChI is InChI=1S/C23H30N4O/c1-5-17-15-24-21(11-7-10-18-9-6-8-16(2)25-18)27-22(17)26-19-12-13-20(28)23(3,4)14-19/h1,6,8-9,15,19-20,28H,7,10-14H2,2-4H3,(H,24,26,27)/t19-,20+/m1/s1. The molecule has 0 spiro atoms. The van der Waals surface area contributed by atoms with E-state index in [4.69, 9.17) is 11.4 Å². The number of anilines is 1. The fourth-order valence-corrected chi connectivity index (χ4v) is 3.86. The minimum absolute atomic E-state index is 0.108. The molecule has 2 heterocycles. The largest absolute Gasteiger partial charge is 0.393 e. The van der Waals surface area contributed by atoms with Crippen LogP contribution in [0, 0.1) is 24.7 Å². The van der Waals surface area contributed by atoms with Crippen molar-refractivity contribution in [3.8, 4) is 12.3 Å². The maximum absolute atomic E-state index is 10.2. The zero-order valence-electron chi connectivity index (χ0n) is 17.1. The monoisotopic (exact) mass is 378 g/mol. The predicted octanol–water partition coefficient (Wildman–Crippen LogP) is 3.69. The Morgan fingerprint density at radius 2 is 2.07 bits per heavy atom. The third-order valence-corrected chi connectivity index (χ3v) is 5.58. The van der Waals surface area contributed by atoms with Gasteiger partial charge in [-0.1, -0.05) is 25.8 Å². The van der Waals surface area contributed by atoms with Gasteiger partial charge in [-0.25, -0.2) is 9.97 Å². The van der Waals surface area contributed by atoms with Crippen molar-refractivity contribution in [2.75, 3.05) is 5.32 Å². The Hall–Kier alpha value is -2.45. The summed E-state index contributed by atoms with van der Waals surface area (Å²) in [7, 11) is 0. The normalized spacial score (nSPS) is 21.1. The van der Waals surface area contributed by atoms with Crippen molar-refractivity contribution in [3.63, 3.8) is 0 Å². The predicted molar refractivity (Wildman–Crippen MR) is 112 cm³/mol. The molecule has 0 aromatic carbocycles. The molecule has 2 aromatic heterocycles. The molecule has 0 radical (unpaired) electrons. The van der Waals surface area contributed by atoms with Gasteiger partial charge < -0.3 is 10.4 Å². The van der Waals surface area contributed by atoms with E-state index in [2.05, 4.69) is 41.1 Å². The van der Waals surface area contributed by atoms with E-state index >= 15 is 0 Å². The van der Waals surface area contributed by atoms with Crippen molar-refractivity contribution >= 4 is 5.82 Å². The maximum Gasteiger partial charge on any atom is 0.145 e. The van der Waals surface area contributed by atoms with Crippen LogP contribution in [0.4, 0.5) is 5.82 Å². The summed E-state index contributed by atoms with van der Waals surface area (Å²) in [6, 6.07) is 6.36. The van der Waals surface area contributed by atoms with Gasteiger partial charge in [0.2, 0.25) is 0 Å². The zero-order chi connectivity index (χ0) is 20.1. The van der Waals surface area contributed by atoms with Crippen LogP contribution in [-0.2, 0) is 12.8 Å². The number of aromatic nitrogens is 3. The van der Waals surface area contributed by atoms with Crippen molar-refractivity contribution < 1.29 is 5.11 Å². The molecule has 28 heavy (non-hydrogen) atoms. The number of rotatable bonds is 6. The van der Waals surface area contributed by atoms with E-state index in [9.17, 15) is 5.11 Å². The molecule has 0 unspecified atom stereocenters. The van der Waals surface area contributed by atoms with Crippen molar-refractivity contribution in [3.05, 3.63) is 47.2 Å². The lowest BCUT2D eigenvalue weighted by Gasteiger charge is -2.40. The smallest absolute Gasteiger partial charge is 0.145 e. The molecule has 0 aliphatic heterocycles. The number of aliphatic hydroxyl groups is 1.